The molecule has 0 unspecified atom stereocenters. The maximum atomic E-state index is 2.44. The van der Waals surface area contributed by atoms with E-state index < -0.39 is 0 Å². The van der Waals surface area contributed by atoms with Crippen LogP contribution in [0.2, 0.25) is 0 Å². The molecule has 8 rings (SSSR count). The Bertz CT molecular complexity index is 2050. The molecule has 0 fully saturated rings. The van der Waals surface area contributed by atoms with E-state index in [-0.39, 0.29) is 0 Å². The third kappa shape index (κ3) is 3.13. The average molecular weight is 487 g/mol. The Kier molecular flexibility index (Phi) is 4.68. The van der Waals surface area contributed by atoms with Crippen LogP contribution in [-0.2, 0) is 0 Å². The fraction of sp³-hybridized carbons (Fsp3) is 0.0556. The van der Waals surface area contributed by atoms with Crippen molar-refractivity contribution in [2.45, 2.75) is 12.8 Å². The van der Waals surface area contributed by atoms with E-state index in [4.69, 9.17) is 0 Å². The summed E-state index contributed by atoms with van der Waals surface area (Å²) in [5.41, 5.74) is 9.88. The molecule has 2 nitrogen and oxygen atoms in total. The van der Waals surface area contributed by atoms with Crippen LogP contribution < -0.4 is 0 Å². The van der Waals surface area contributed by atoms with Gasteiger partial charge in [0.1, 0.15) is 0 Å². The molecular weight excluding hydrogens is 460 g/mol. The molecule has 2 heterocycles. The molecule has 1 aliphatic rings. The third-order valence-electron chi connectivity index (χ3n) is 7.93. The molecule has 0 atom stereocenters. The first kappa shape index (κ1) is 21.3. The predicted octanol–water partition coefficient (Wildman–Crippen LogP) is 9.75. The molecule has 2 heteroatoms. The zero-order valence-electron chi connectivity index (χ0n) is 21.0. The quantitative estimate of drug-likeness (QED) is 0.235. The van der Waals surface area contributed by atoms with E-state index in [0.29, 0.717) is 0 Å². The van der Waals surface area contributed by atoms with Gasteiger partial charge in [-0.2, -0.15) is 0 Å². The van der Waals surface area contributed by atoms with Crippen molar-refractivity contribution < 1.29 is 0 Å². The number of fused-ring (bicyclic) bond motifs is 6. The van der Waals surface area contributed by atoms with Gasteiger partial charge in [0.25, 0.3) is 0 Å². The second-order valence-corrected chi connectivity index (χ2v) is 10.1. The molecule has 0 aliphatic heterocycles. The highest BCUT2D eigenvalue weighted by Crippen LogP contribution is 2.40. The fourth-order valence-corrected chi connectivity index (χ4v) is 6.19. The first-order chi connectivity index (χ1) is 18.9. The van der Waals surface area contributed by atoms with Crippen molar-refractivity contribution in [1.29, 1.82) is 0 Å². The molecule has 7 aromatic rings. The Morgan fingerprint density at radius 2 is 1.05 bits per heavy atom. The largest absolute Gasteiger partial charge is 0.310 e. The Labute approximate surface area is 221 Å². The Hall–Kier alpha value is -4.82. The number of hydrogen-bond donors (Lipinski definition) is 0. The highest BCUT2D eigenvalue weighted by Gasteiger charge is 2.18. The minimum atomic E-state index is 1.08. The van der Waals surface area contributed by atoms with Crippen molar-refractivity contribution in [3.63, 3.8) is 0 Å². The van der Waals surface area contributed by atoms with Gasteiger partial charge in [-0.1, -0.05) is 91.0 Å². The van der Waals surface area contributed by atoms with Crippen molar-refractivity contribution in [3.8, 4) is 16.8 Å². The van der Waals surface area contributed by atoms with Gasteiger partial charge < -0.3 is 9.13 Å². The summed E-state index contributed by atoms with van der Waals surface area (Å²) in [5, 5.41) is 5.17. The van der Waals surface area contributed by atoms with Crippen LogP contribution >= 0.6 is 0 Å². The number of aromatic nitrogens is 2. The van der Waals surface area contributed by atoms with E-state index in [2.05, 4.69) is 143 Å². The summed E-state index contributed by atoms with van der Waals surface area (Å²) in [6.45, 7) is 0. The van der Waals surface area contributed by atoms with Crippen molar-refractivity contribution in [2.24, 2.45) is 0 Å². The first-order valence-corrected chi connectivity index (χ1v) is 13.4. The number of rotatable bonds is 3. The van der Waals surface area contributed by atoms with E-state index in [9.17, 15) is 0 Å². The monoisotopic (exact) mass is 486 g/mol. The molecule has 0 spiro atoms. The van der Waals surface area contributed by atoms with Crippen LogP contribution in [0.5, 0.6) is 0 Å². The number of para-hydroxylation sites is 2. The number of allylic oxidation sites excluding steroid dienone is 4. The fourth-order valence-electron chi connectivity index (χ4n) is 6.19. The first-order valence-electron chi connectivity index (χ1n) is 13.4. The lowest BCUT2D eigenvalue weighted by atomic mass is 10.1. The Morgan fingerprint density at radius 1 is 0.447 bits per heavy atom. The van der Waals surface area contributed by atoms with Gasteiger partial charge in [-0.15, -0.1) is 0 Å². The van der Waals surface area contributed by atoms with Crippen LogP contribution in [0, 0.1) is 0 Å². The van der Waals surface area contributed by atoms with Crippen LogP contribution in [0.1, 0.15) is 12.8 Å². The molecule has 0 radical (unpaired) electrons. The molecule has 2 aromatic heterocycles. The molecule has 0 bridgehead atoms. The minimum absolute atomic E-state index is 1.08. The van der Waals surface area contributed by atoms with E-state index >= 15 is 0 Å². The Morgan fingerprint density at radius 3 is 1.74 bits per heavy atom. The zero-order valence-corrected chi connectivity index (χ0v) is 21.0. The second-order valence-electron chi connectivity index (χ2n) is 10.1. The van der Waals surface area contributed by atoms with Crippen molar-refractivity contribution in [1.82, 2.24) is 9.13 Å². The van der Waals surface area contributed by atoms with Crippen LogP contribution in [0.25, 0.3) is 66.1 Å². The number of benzene rings is 5. The van der Waals surface area contributed by atoms with E-state index in [1.807, 2.05) is 0 Å². The standard InChI is InChI=1S/C36H26N2/c1-3-11-25(12-4-1)26-19-21-28(22-20-26)38-34-18-10-8-16-30(34)32-23-31-29-15-7-9-17-33(29)37(35(31)24-36(32)38)27-13-5-2-6-14-27/h1,3-5,7-24H,2,6H2. The molecule has 180 valence electrons. The molecule has 0 saturated carbocycles. The van der Waals surface area contributed by atoms with Gasteiger partial charge in [0.05, 0.1) is 22.1 Å². The van der Waals surface area contributed by atoms with Gasteiger partial charge in [0.15, 0.2) is 0 Å². The topological polar surface area (TPSA) is 9.86 Å². The number of nitrogens with zero attached hydrogens (tertiary/aromatic N) is 2. The summed E-state index contributed by atoms with van der Waals surface area (Å²) in [7, 11) is 0. The molecular formula is C36H26N2. The minimum Gasteiger partial charge on any atom is -0.310 e. The zero-order chi connectivity index (χ0) is 25.1. The Balaban J connectivity index is 1.44. The van der Waals surface area contributed by atoms with Gasteiger partial charge in [-0.25, -0.2) is 0 Å². The molecule has 1 aliphatic carbocycles. The van der Waals surface area contributed by atoms with Gasteiger partial charge in [0, 0.05) is 32.9 Å². The summed E-state index contributed by atoms with van der Waals surface area (Å²) in [4.78, 5) is 0. The molecule has 38 heavy (non-hydrogen) atoms. The van der Waals surface area contributed by atoms with Crippen LogP contribution in [0.3, 0.4) is 0 Å². The van der Waals surface area contributed by atoms with Gasteiger partial charge >= 0.3 is 0 Å². The van der Waals surface area contributed by atoms with E-state index in [1.165, 1.54) is 66.1 Å². The molecule has 0 amide bonds. The normalized spacial score (nSPS) is 13.6. The van der Waals surface area contributed by atoms with Crippen molar-refractivity contribution >= 4 is 49.3 Å². The SMILES string of the molecule is C1=CC(n2c3ccccc3c3cc4c5ccccc5n(-c5ccc(-c6ccccc6)cc5)c4cc32)=CCC1. The van der Waals surface area contributed by atoms with Gasteiger partial charge in [0.2, 0.25) is 0 Å². The number of hydrogen-bond acceptors (Lipinski definition) is 0. The molecule has 0 N–H and O–H groups in total. The molecule has 0 saturated heterocycles. The van der Waals surface area contributed by atoms with Crippen molar-refractivity contribution in [3.05, 3.63) is 133 Å². The summed E-state index contributed by atoms with van der Waals surface area (Å²) in [6, 6.07) is 42.0. The highest BCUT2D eigenvalue weighted by atomic mass is 15.0. The average Bonchev–Trinajstić information content (AvgIpc) is 3.49. The van der Waals surface area contributed by atoms with Gasteiger partial charge in [-0.05, 0) is 66.4 Å². The maximum absolute atomic E-state index is 2.44. The summed E-state index contributed by atoms with van der Waals surface area (Å²) in [5.74, 6) is 0. The van der Waals surface area contributed by atoms with Crippen molar-refractivity contribution in [2.75, 3.05) is 0 Å². The molecule has 5 aromatic carbocycles. The highest BCUT2D eigenvalue weighted by molar-refractivity contribution is 6.19. The lowest BCUT2D eigenvalue weighted by molar-refractivity contribution is 1.02. The lowest BCUT2D eigenvalue weighted by Crippen LogP contribution is -1.98. The summed E-state index contributed by atoms with van der Waals surface area (Å²) >= 11 is 0. The second kappa shape index (κ2) is 8.36. The predicted molar refractivity (Wildman–Crippen MR) is 162 cm³/mol. The van der Waals surface area contributed by atoms with Gasteiger partial charge in [-0.3, -0.25) is 0 Å². The third-order valence-corrected chi connectivity index (χ3v) is 7.93. The maximum Gasteiger partial charge on any atom is 0.0562 e. The smallest absolute Gasteiger partial charge is 0.0562 e. The summed E-state index contributed by atoms with van der Waals surface area (Å²) in [6.07, 6.45) is 9.12. The summed E-state index contributed by atoms with van der Waals surface area (Å²) < 4.78 is 4.87. The van der Waals surface area contributed by atoms with Crippen LogP contribution in [0.4, 0.5) is 0 Å². The van der Waals surface area contributed by atoms with E-state index in [1.54, 1.807) is 0 Å². The van der Waals surface area contributed by atoms with Crippen LogP contribution in [-0.4, -0.2) is 9.13 Å². The lowest BCUT2D eigenvalue weighted by Gasteiger charge is -2.13. The van der Waals surface area contributed by atoms with E-state index in [0.717, 1.165) is 12.8 Å². The van der Waals surface area contributed by atoms with Crippen LogP contribution in [0.15, 0.2) is 133 Å².